The first-order chi connectivity index (χ1) is 19.0. The van der Waals surface area contributed by atoms with Gasteiger partial charge in [0.15, 0.2) is 0 Å². The summed E-state index contributed by atoms with van der Waals surface area (Å²) in [5.74, 6) is -0.238. The van der Waals surface area contributed by atoms with Gasteiger partial charge < -0.3 is 5.32 Å². The van der Waals surface area contributed by atoms with E-state index in [1.807, 2.05) is 42.5 Å². The van der Waals surface area contributed by atoms with Crippen molar-refractivity contribution in [3.8, 4) is 0 Å². The smallest absolute Gasteiger partial charge is 0.285 e. The number of benzene rings is 3. The third-order valence-electron chi connectivity index (χ3n) is 6.66. The third kappa shape index (κ3) is 6.48. The highest BCUT2D eigenvalue weighted by molar-refractivity contribution is 7.90. The second-order valence-electron chi connectivity index (χ2n) is 9.41. The maximum absolute atomic E-state index is 13.4. The molecule has 14 heteroatoms. The van der Waals surface area contributed by atoms with Gasteiger partial charge in [0.2, 0.25) is 5.96 Å². The first-order valence-corrected chi connectivity index (χ1v) is 16.0. The molecule has 0 amide bonds. The summed E-state index contributed by atoms with van der Waals surface area (Å²) in [4.78, 5) is -0.0468. The minimum absolute atomic E-state index is 0.0267. The summed E-state index contributed by atoms with van der Waals surface area (Å²) in [6.07, 6.45) is 0.403. The molecule has 5 rings (SSSR count). The minimum atomic E-state index is -4.19. The molecule has 0 spiro atoms. The minimum Gasteiger partial charge on any atom is -0.350 e. The number of hydrogen-bond donors (Lipinski definition) is 2. The van der Waals surface area contributed by atoms with E-state index in [0.29, 0.717) is 22.2 Å². The van der Waals surface area contributed by atoms with Gasteiger partial charge in [-0.25, -0.2) is 10.1 Å². The molecule has 3 N–H and O–H groups in total. The number of nitrogens with two attached hydrogens (primary N) is 1. The Bertz CT molecular complexity index is 1650. The SMILES string of the molecule is NS(=O)(=O)N1CC[C@@H](NC(=NS(=O)(=O)c2ccc(Cl)cc2)N2CC(c3ccccc3)C(c3ccc(Cl)cc3)=N2)C1. The van der Waals surface area contributed by atoms with Gasteiger partial charge in [0.25, 0.3) is 20.2 Å². The molecule has 0 bridgehead atoms. The molecule has 2 atom stereocenters. The standard InChI is InChI=1S/C26H26Cl2N6O4S2/c27-20-8-6-19(7-9-20)25-24(18-4-2-1-3-5-18)17-34(31-25)26(30-22-14-15-33(16-22)40(29,37)38)32-39(35,36)23-12-10-21(28)11-13-23/h1-13,22,24H,14-17H2,(H,30,32)(H2,29,37,38)/t22-,24?/m1/s1. The number of sulfonamides is 1. The van der Waals surface area contributed by atoms with Gasteiger partial charge in [-0.2, -0.15) is 26.2 Å². The lowest BCUT2D eigenvalue weighted by atomic mass is 9.91. The van der Waals surface area contributed by atoms with E-state index < -0.39 is 26.3 Å². The lowest BCUT2D eigenvalue weighted by molar-refractivity contribution is 0.435. The zero-order valence-corrected chi connectivity index (χ0v) is 24.2. The quantitative estimate of drug-likeness (QED) is 0.320. The van der Waals surface area contributed by atoms with E-state index >= 15 is 0 Å². The fraction of sp³-hybridized carbons (Fsp3) is 0.231. The Labute approximate surface area is 243 Å². The Kier molecular flexibility index (Phi) is 8.18. The Morgan fingerprint density at radius 2 is 1.52 bits per heavy atom. The van der Waals surface area contributed by atoms with Crippen molar-refractivity contribution in [1.29, 1.82) is 0 Å². The number of hydrazone groups is 1. The highest BCUT2D eigenvalue weighted by Crippen LogP contribution is 2.30. The van der Waals surface area contributed by atoms with Crippen molar-refractivity contribution < 1.29 is 16.8 Å². The van der Waals surface area contributed by atoms with Gasteiger partial charge in [-0.3, -0.25) is 0 Å². The molecule has 2 aliphatic rings. The molecule has 2 heterocycles. The van der Waals surface area contributed by atoms with Crippen molar-refractivity contribution in [2.24, 2.45) is 14.6 Å². The molecule has 0 saturated carbocycles. The zero-order valence-electron chi connectivity index (χ0n) is 21.1. The van der Waals surface area contributed by atoms with E-state index in [1.165, 1.54) is 29.3 Å². The molecular formula is C26H26Cl2N6O4S2. The first-order valence-electron chi connectivity index (χ1n) is 12.3. The predicted molar refractivity (Wildman–Crippen MR) is 156 cm³/mol. The Hall–Kier alpha value is -3.00. The Balaban J connectivity index is 1.55. The zero-order chi connectivity index (χ0) is 28.5. The number of nitrogens with one attached hydrogen (secondary N) is 1. The second kappa shape index (κ2) is 11.5. The summed E-state index contributed by atoms with van der Waals surface area (Å²) in [5, 5.41) is 15.7. The fourth-order valence-corrected chi connectivity index (χ4v) is 6.60. The highest BCUT2D eigenvalue weighted by atomic mass is 35.5. The number of halogens is 2. The molecule has 40 heavy (non-hydrogen) atoms. The van der Waals surface area contributed by atoms with Gasteiger partial charge in [0, 0.05) is 35.1 Å². The molecule has 2 aliphatic heterocycles. The van der Waals surface area contributed by atoms with Crippen molar-refractivity contribution in [3.05, 3.63) is 100 Å². The molecule has 10 nitrogen and oxygen atoms in total. The summed E-state index contributed by atoms with van der Waals surface area (Å²) in [5.41, 5.74) is 2.51. The van der Waals surface area contributed by atoms with Crippen molar-refractivity contribution in [2.75, 3.05) is 19.6 Å². The molecule has 1 fully saturated rings. The normalized spacial score (nSPS) is 20.5. The second-order valence-corrected chi connectivity index (χ2v) is 13.4. The van der Waals surface area contributed by atoms with E-state index in [4.69, 9.17) is 33.4 Å². The summed E-state index contributed by atoms with van der Waals surface area (Å²) in [6, 6.07) is 22.2. The predicted octanol–water partition coefficient (Wildman–Crippen LogP) is 3.41. The van der Waals surface area contributed by atoms with E-state index in [0.717, 1.165) is 15.4 Å². The van der Waals surface area contributed by atoms with Crippen LogP contribution < -0.4 is 10.5 Å². The van der Waals surface area contributed by atoms with Crippen molar-refractivity contribution in [2.45, 2.75) is 23.3 Å². The molecule has 0 radical (unpaired) electrons. The Morgan fingerprint density at radius 3 is 2.12 bits per heavy atom. The number of rotatable bonds is 6. The van der Waals surface area contributed by atoms with E-state index in [-0.39, 0.29) is 36.4 Å². The first kappa shape index (κ1) is 28.5. The maximum atomic E-state index is 13.4. The monoisotopic (exact) mass is 620 g/mol. The van der Waals surface area contributed by atoms with Crippen LogP contribution in [0.2, 0.25) is 10.0 Å². The third-order valence-corrected chi connectivity index (χ3v) is 9.50. The van der Waals surface area contributed by atoms with Crippen molar-refractivity contribution >= 4 is 55.1 Å². The maximum Gasteiger partial charge on any atom is 0.285 e. The molecule has 3 aromatic carbocycles. The van der Waals surface area contributed by atoms with Crippen molar-refractivity contribution in [1.82, 2.24) is 14.6 Å². The van der Waals surface area contributed by atoms with Crippen LogP contribution in [0.25, 0.3) is 0 Å². The molecule has 3 aromatic rings. The topological polar surface area (TPSA) is 138 Å². The molecule has 0 aromatic heterocycles. The fourth-order valence-electron chi connectivity index (χ4n) is 4.64. The molecule has 0 aliphatic carbocycles. The Morgan fingerprint density at radius 1 is 0.900 bits per heavy atom. The molecule has 210 valence electrons. The van der Waals surface area contributed by atoms with Crippen LogP contribution in [0.4, 0.5) is 0 Å². The number of nitrogens with zero attached hydrogens (tertiary/aromatic N) is 4. The van der Waals surface area contributed by atoms with Crippen LogP contribution in [0.15, 0.2) is 93.3 Å². The average Bonchev–Trinajstić information content (AvgIpc) is 3.57. The van der Waals surface area contributed by atoms with Crippen LogP contribution in [0, 0.1) is 0 Å². The lowest BCUT2D eigenvalue weighted by Gasteiger charge is -2.23. The molecular weight excluding hydrogens is 595 g/mol. The summed E-state index contributed by atoms with van der Waals surface area (Å²) < 4.78 is 55.8. The summed E-state index contributed by atoms with van der Waals surface area (Å²) in [6.45, 7) is 0.539. The van der Waals surface area contributed by atoms with E-state index in [1.54, 1.807) is 12.1 Å². The van der Waals surface area contributed by atoms with Crippen LogP contribution in [-0.4, -0.2) is 63.5 Å². The van der Waals surface area contributed by atoms with Crippen LogP contribution >= 0.6 is 23.2 Å². The van der Waals surface area contributed by atoms with Crippen LogP contribution in [0.5, 0.6) is 0 Å². The van der Waals surface area contributed by atoms with Crippen LogP contribution in [-0.2, 0) is 20.2 Å². The van der Waals surface area contributed by atoms with E-state index in [2.05, 4.69) is 9.71 Å². The summed E-state index contributed by atoms with van der Waals surface area (Å²) in [7, 11) is -8.08. The highest BCUT2D eigenvalue weighted by Gasteiger charge is 2.35. The van der Waals surface area contributed by atoms with Crippen LogP contribution in [0.3, 0.4) is 0 Å². The van der Waals surface area contributed by atoms with Crippen molar-refractivity contribution in [3.63, 3.8) is 0 Å². The molecule has 1 saturated heterocycles. The number of hydrogen-bond acceptors (Lipinski definition) is 5. The van der Waals surface area contributed by atoms with Gasteiger partial charge in [0.05, 0.1) is 17.2 Å². The number of guanidine groups is 1. The summed E-state index contributed by atoms with van der Waals surface area (Å²) >= 11 is 12.1. The van der Waals surface area contributed by atoms with E-state index in [9.17, 15) is 16.8 Å². The van der Waals surface area contributed by atoms with Gasteiger partial charge in [0.1, 0.15) is 0 Å². The largest absolute Gasteiger partial charge is 0.350 e. The van der Waals surface area contributed by atoms with Gasteiger partial charge >= 0.3 is 0 Å². The lowest BCUT2D eigenvalue weighted by Crippen LogP contribution is -2.46. The molecule has 1 unspecified atom stereocenters. The van der Waals surface area contributed by atoms with Gasteiger partial charge in [-0.1, -0.05) is 65.7 Å². The van der Waals surface area contributed by atoms with Gasteiger partial charge in [-0.15, -0.1) is 4.40 Å². The average molecular weight is 622 g/mol. The van der Waals surface area contributed by atoms with Gasteiger partial charge in [-0.05, 0) is 53.9 Å². The van der Waals surface area contributed by atoms with Crippen LogP contribution in [0.1, 0.15) is 23.5 Å².